The highest BCUT2D eigenvalue weighted by atomic mass is 32.1. The summed E-state index contributed by atoms with van der Waals surface area (Å²) in [6.07, 6.45) is 6.13. The smallest absolute Gasteiger partial charge is 0.339 e. The van der Waals surface area contributed by atoms with Gasteiger partial charge in [0.05, 0.1) is 11.7 Å². The van der Waals surface area contributed by atoms with E-state index in [1.807, 2.05) is 27.7 Å². The van der Waals surface area contributed by atoms with E-state index in [0.717, 1.165) is 54.3 Å². The van der Waals surface area contributed by atoms with E-state index in [4.69, 9.17) is 0 Å². The molecule has 1 aliphatic heterocycles. The van der Waals surface area contributed by atoms with E-state index in [1.54, 1.807) is 7.05 Å². The molecule has 2 fully saturated rings. The summed E-state index contributed by atoms with van der Waals surface area (Å²) in [5, 5.41) is 4.58. The summed E-state index contributed by atoms with van der Waals surface area (Å²) in [5.74, 6) is 1.16. The second kappa shape index (κ2) is 7.37. The Morgan fingerprint density at radius 3 is 2.55 bits per heavy atom. The maximum atomic E-state index is 12.9. The first-order chi connectivity index (χ1) is 14.1. The lowest BCUT2D eigenvalue weighted by atomic mass is 9.95. The number of nitrogens with zero attached hydrogens (tertiary/aromatic N) is 6. The molecule has 0 atom stereocenters. The van der Waals surface area contributed by atoms with Gasteiger partial charge in [-0.05, 0) is 43.9 Å². The molecule has 1 aromatic carbocycles. The van der Waals surface area contributed by atoms with Crippen LogP contribution in [0.25, 0.3) is 11.0 Å². The largest absolute Gasteiger partial charge is 0.345 e. The van der Waals surface area contributed by atoms with Gasteiger partial charge >= 0.3 is 5.69 Å². The summed E-state index contributed by atoms with van der Waals surface area (Å²) < 4.78 is 11.8. The van der Waals surface area contributed by atoms with Gasteiger partial charge in [0, 0.05) is 37.7 Å². The summed E-state index contributed by atoms with van der Waals surface area (Å²) in [6.45, 7) is 1.35. The summed E-state index contributed by atoms with van der Waals surface area (Å²) in [5.41, 5.74) is 2.25. The van der Waals surface area contributed by atoms with Crippen LogP contribution in [-0.2, 0) is 7.05 Å². The van der Waals surface area contributed by atoms with Crippen LogP contribution < -0.4 is 5.69 Å². The van der Waals surface area contributed by atoms with Crippen molar-refractivity contribution in [3.8, 4) is 0 Å². The third kappa shape index (κ3) is 3.27. The van der Waals surface area contributed by atoms with Gasteiger partial charge < -0.3 is 4.90 Å². The predicted molar refractivity (Wildman–Crippen MR) is 110 cm³/mol. The highest BCUT2D eigenvalue weighted by molar-refractivity contribution is 7.00. The van der Waals surface area contributed by atoms with E-state index in [-0.39, 0.29) is 23.6 Å². The SMILES string of the molecule is Cn1nc(C2CCN(C(=O)c3ccc4nsnc4c3)CC2)n(C2CCCC2)c1=O. The quantitative estimate of drug-likeness (QED) is 0.660. The number of aryl methyl sites for hydroxylation is 1. The first kappa shape index (κ1) is 18.5. The minimum absolute atomic E-state index is 0.00409. The van der Waals surface area contributed by atoms with Crippen LogP contribution in [0.1, 0.15) is 66.7 Å². The Labute approximate surface area is 172 Å². The maximum Gasteiger partial charge on any atom is 0.345 e. The number of amides is 1. The Bertz CT molecular complexity index is 1100. The molecule has 0 spiro atoms. The number of likely N-dealkylation sites (tertiary alicyclic amines) is 1. The van der Waals surface area contributed by atoms with Gasteiger partial charge in [-0.3, -0.25) is 9.36 Å². The Morgan fingerprint density at radius 2 is 1.79 bits per heavy atom. The Kier molecular flexibility index (Phi) is 4.69. The van der Waals surface area contributed by atoms with E-state index in [0.29, 0.717) is 18.7 Å². The zero-order chi connectivity index (χ0) is 20.0. The van der Waals surface area contributed by atoms with Crippen LogP contribution in [0.4, 0.5) is 0 Å². The van der Waals surface area contributed by atoms with Crippen LogP contribution in [0.3, 0.4) is 0 Å². The van der Waals surface area contributed by atoms with E-state index in [9.17, 15) is 9.59 Å². The number of aromatic nitrogens is 5. The molecule has 0 N–H and O–H groups in total. The zero-order valence-corrected chi connectivity index (χ0v) is 17.3. The molecule has 0 bridgehead atoms. The molecule has 1 saturated carbocycles. The van der Waals surface area contributed by atoms with Gasteiger partial charge in [-0.1, -0.05) is 12.8 Å². The lowest BCUT2D eigenvalue weighted by molar-refractivity contribution is 0.0710. The summed E-state index contributed by atoms with van der Waals surface area (Å²) in [6, 6.07) is 5.79. The molecular weight excluding hydrogens is 388 g/mol. The topological polar surface area (TPSA) is 85.9 Å². The number of hydrogen-bond donors (Lipinski definition) is 0. The van der Waals surface area contributed by atoms with Gasteiger partial charge in [-0.2, -0.15) is 13.8 Å². The van der Waals surface area contributed by atoms with Gasteiger partial charge in [0.15, 0.2) is 0 Å². The molecule has 3 heterocycles. The Balaban J connectivity index is 1.32. The molecule has 9 heteroatoms. The normalized spacial score (nSPS) is 18.7. The zero-order valence-electron chi connectivity index (χ0n) is 16.5. The van der Waals surface area contributed by atoms with Crippen molar-refractivity contribution in [1.29, 1.82) is 0 Å². The number of fused-ring (bicyclic) bond motifs is 1. The standard InChI is InChI=1S/C20H24N6O2S/c1-24-20(28)26(15-4-2-3-5-15)18(21-24)13-8-10-25(11-9-13)19(27)14-6-7-16-17(12-14)23-29-22-16/h6-7,12-13,15H,2-5,8-11H2,1H3. The molecule has 8 nitrogen and oxygen atoms in total. The van der Waals surface area contributed by atoms with E-state index in [1.165, 1.54) is 17.5 Å². The van der Waals surface area contributed by atoms with Crippen molar-refractivity contribution >= 4 is 28.7 Å². The van der Waals surface area contributed by atoms with E-state index < -0.39 is 0 Å². The molecule has 1 saturated heterocycles. The van der Waals surface area contributed by atoms with E-state index in [2.05, 4.69) is 13.8 Å². The molecule has 5 rings (SSSR count). The van der Waals surface area contributed by atoms with Gasteiger partial charge in [0.1, 0.15) is 16.9 Å². The van der Waals surface area contributed by atoms with Crippen molar-refractivity contribution in [1.82, 2.24) is 28.0 Å². The summed E-state index contributed by atoms with van der Waals surface area (Å²) in [4.78, 5) is 27.5. The first-order valence-electron chi connectivity index (χ1n) is 10.3. The molecule has 1 amide bonds. The van der Waals surface area contributed by atoms with Crippen molar-refractivity contribution in [3.63, 3.8) is 0 Å². The Morgan fingerprint density at radius 1 is 1.07 bits per heavy atom. The average Bonchev–Trinajstić information content (AvgIpc) is 3.48. The van der Waals surface area contributed by atoms with Crippen molar-refractivity contribution in [2.45, 2.75) is 50.5 Å². The Hall–Kier alpha value is -2.55. The molecule has 2 aromatic heterocycles. The highest BCUT2D eigenvalue weighted by Gasteiger charge is 2.31. The van der Waals surface area contributed by atoms with Gasteiger partial charge in [-0.15, -0.1) is 0 Å². The third-order valence-corrected chi connectivity index (χ3v) is 6.88. The number of carbonyl (C=O) groups is 1. The molecule has 2 aliphatic rings. The monoisotopic (exact) mass is 412 g/mol. The van der Waals surface area contributed by atoms with Crippen molar-refractivity contribution < 1.29 is 4.79 Å². The van der Waals surface area contributed by atoms with Crippen LogP contribution >= 0.6 is 11.7 Å². The summed E-state index contributed by atoms with van der Waals surface area (Å²) >= 11 is 1.16. The molecule has 152 valence electrons. The van der Waals surface area contributed by atoms with Crippen LogP contribution in [0.15, 0.2) is 23.0 Å². The number of piperidine rings is 1. The first-order valence-corrected chi connectivity index (χ1v) is 11.0. The fourth-order valence-electron chi connectivity index (χ4n) is 4.72. The van der Waals surface area contributed by atoms with Crippen LogP contribution in [0.2, 0.25) is 0 Å². The molecule has 0 unspecified atom stereocenters. The number of rotatable bonds is 3. The second-order valence-corrected chi connectivity index (χ2v) is 8.64. The predicted octanol–water partition coefficient (Wildman–Crippen LogP) is 2.72. The van der Waals surface area contributed by atoms with Gasteiger partial charge in [0.2, 0.25) is 0 Å². The maximum absolute atomic E-state index is 12.9. The number of benzene rings is 1. The minimum atomic E-state index is -0.00409. The molecule has 1 aliphatic carbocycles. The van der Waals surface area contributed by atoms with E-state index >= 15 is 0 Å². The van der Waals surface area contributed by atoms with Crippen molar-refractivity contribution in [2.24, 2.45) is 7.05 Å². The fourth-order valence-corrected chi connectivity index (χ4v) is 5.24. The number of carbonyl (C=O) groups excluding carboxylic acids is 1. The number of hydrogen-bond acceptors (Lipinski definition) is 6. The van der Waals surface area contributed by atoms with Crippen LogP contribution in [0, 0.1) is 0 Å². The van der Waals surface area contributed by atoms with Crippen molar-refractivity contribution in [2.75, 3.05) is 13.1 Å². The van der Waals surface area contributed by atoms with Crippen molar-refractivity contribution in [3.05, 3.63) is 40.1 Å². The third-order valence-electron chi connectivity index (χ3n) is 6.32. The molecular formula is C20H24N6O2S. The molecule has 0 radical (unpaired) electrons. The molecule has 29 heavy (non-hydrogen) atoms. The van der Waals surface area contributed by atoms with Gasteiger partial charge in [0.25, 0.3) is 5.91 Å². The lowest BCUT2D eigenvalue weighted by Crippen LogP contribution is -2.38. The van der Waals surface area contributed by atoms with Gasteiger partial charge in [-0.25, -0.2) is 9.48 Å². The fraction of sp³-hybridized carbons (Fsp3) is 0.550. The summed E-state index contributed by atoms with van der Waals surface area (Å²) in [7, 11) is 1.74. The van der Waals surface area contributed by atoms with Crippen LogP contribution in [0.5, 0.6) is 0 Å². The lowest BCUT2D eigenvalue weighted by Gasteiger charge is -2.32. The minimum Gasteiger partial charge on any atom is -0.339 e. The highest BCUT2D eigenvalue weighted by Crippen LogP contribution is 2.33. The second-order valence-electron chi connectivity index (χ2n) is 8.11. The van der Waals surface area contributed by atoms with Crippen LogP contribution in [-0.4, -0.2) is 47.0 Å². The average molecular weight is 413 g/mol. The molecule has 3 aromatic rings.